The van der Waals surface area contributed by atoms with Gasteiger partial charge in [0.1, 0.15) is 5.82 Å². The van der Waals surface area contributed by atoms with Crippen molar-refractivity contribution in [3.63, 3.8) is 0 Å². The second-order valence-electron chi connectivity index (χ2n) is 6.09. The molecule has 0 aliphatic heterocycles. The van der Waals surface area contributed by atoms with Crippen LogP contribution in [0, 0.1) is 0 Å². The molecule has 6 nitrogen and oxygen atoms in total. The van der Waals surface area contributed by atoms with E-state index in [0.717, 1.165) is 11.6 Å². The van der Waals surface area contributed by atoms with Crippen LogP contribution in [0.5, 0.6) is 0 Å². The molecule has 0 fully saturated rings. The molecule has 0 spiro atoms. The number of aliphatic hydroxyl groups excluding tert-OH is 1. The fourth-order valence-corrected chi connectivity index (χ4v) is 2.49. The smallest absolute Gasteiger partial charge is 0.394 e. The lowest BCUT2D eigenvalue weighted by molar-refractivity contribution is -0.136. The van der Waals surface area contributed by atoms with Crippen molar-refractivity contribution in [3.8, 4) is 11.3 Å². The first-order chi connectivity index (χ1) is 13.4. The molecule has 0 aliphatic rings. The van der Waals surface area contributed by atoms with E-state index in [-0.39, 0.29) is 30.1 Å². The first-order valence-corrected chi connectivity index (χ1v) is 8.47. The zero-order chi connectivity index (χ0) is 20.1. The Morgan fingerprint density at radius 3 is 2.46 bits per heavy atom. The summed E-state index contributed by atoms with van der Waals surface area (Å²) in [6, 6.07) is 9.85. The fraction of sp³-hybridized carbons (Fsp3) is 0.211. The first-order valence-electron chi connectivity index (χ1n) is 8.47. The van der Waals surface area contributed by atoms with Crippen molar-refractivity contribution in [2.75, 3.05) is 17.2 Å². The maximum Gasteiger partial charge on any atom is 0.418 e. The van der Waals surface area contributed by atoms with Crippen molar-refractivity contribution in [1.82, 2.24) is 15.0 Å². The number of nitrogens with one attached hydrogen (secondary N) is 2. The molecule has 9 heteroatoms. The second-order valence-corrected chi connectivity index (χ2v) is 6.09. The van der Waals surface area contributed by atoms with Crippen LogP contribution in [-0.4, -0.2) is 32.7 Å². The van der Waals surface area contributed by atoms with Crippen LogP contribution in [0.1, 0.15) is 12.5 Å². The van der Waals surface area contributed by atoms with Crippen molar-refractivity contribution < 1.29 is 18.3 Å². The van der Waals surface area contributed by atoms with Gasteiger partial charge in [-0.25, -0.2) is 4.98 Å². The van der Waals surface area contributed by atoms with Gasteiger partial charge >= 0.3 is 6.18 Å². The SMILES string of the molecule is C[C@H](CO)Nc1nc(Nc2ccccc2C(F)(F)F)cc(-c2ccncc2)n1. The fourth-order valence-electron chi connectivity index (χ4n) is 2.49. The molecule has 0 saturated heterocycles. The Bertz CT molecular complexity index is 934. The number of pyridine rings is 1. The molecule has 146 valence electrons. The van der Waals surface area contributed by atoms with Crippen molar-refractivity contribution in [3.05, 3.63) is 60.4 Å². The Labute approximate surface area is 159 Å². The molecule has 2 aromatic heterocycles. The Balaban J connectivity index is 2.02. The molecule has 0 radical (unpaired) electrons. The highest BCUT2D eigenvalue weighted by Crippen LogP contribution is 2.36. The molecule has 1 atom stereocenters. The highest BCUT2D eigenvalue weighted by Gasteiger charge is 2.33. The van der Waals surface area contributed by atoms with Gasteiger partial charge in [0.05, 0.1) is 23.6 Å². The van der Waals surface area contributed by atoms with E-state index in [1.54, 1.807) is 37.5 Å². The minimum absolute atomic E-state index is 0.115. The molecule has 1 aromatic carbocycles. The predicted octanol–water partition coefficient (Wildman–Crippen LogP) is 4.09. The molecule has 3 aromatic rings. The van der Waals surface area contributed by atoms with Crippen LogP contribution in [0.3, 0.4) is 0 Å². The summed E-state index contributed by atoms with van der Waals surface area (Å²) < 4.78 is 39.8. The summed E-state index contributed by atoms with van der Waals surface area (Å²) in [5, 5.41) is 14.9. The Morgan fingerprint density at radius 1 is 1.07 bits per heavy atom. The number of aliphatic hydroxyl groups is 1. The number of anilines is 3. The van der Waals surface area contributed by atoms with Gasteiger partial charge in [-0.2, -0.15) is 18.2 Å². The summed E-state index contributed by atoms with van der Waals surface area (Å²) >= 11 is 0. The van der Waals surface area contributed by atoms with Crippen LogP contribution < -0.4 is 10.6 Å². The maximum absolute atomic E-state index is 13.3. The minimum Gasteiger partial charge on any atom is -0.394 e. The van der Waals surface area contributed by atoms with Gasteiger partial charge in [-0.15, -0.1) is 0 Å². The van der Waals surface area contributed by atoms with Crippen molar-refractivity contribution in [1.29, 1.82) is 0 Å². The number of hydrogen-bond acceptors (Lipinski definition) is 6. The first kappa shape index (κ1) is 19.6. The largest absolute Gasteiger partial charge is 0.418 e. The molecule has 0 bridgehead atoms. The number of hydrogen-bond donors (Lipinski definition) is 3. The zero-order valence-corrected chi connectivity index (χ0v) is 14.9. The number of para-hydroxylation sites is 1. The second kappa shape index (κ2) is 8.22. The lowest BCUT2D eigenvalue weighted by Crippen LogP contribution is -2.21. The quantitative estimate of drug-likeness (QED) is 0.589. The standard InChI is InChI=1S/C19H18F3N5O/c1-12(11-28)24-18-26-16(13-6-8-23-9-7-13)10-17(27-18)25-15-5-3-2-4-14(15)19(20,21)22/h2-10,12,28H,11H2,1H3,(H2,24,25,26,27)/t12-/m1/s1. The lowest BCUT2D eigenvalue weighted by Gasteiger charge is -2.16. The van der Waals surface area contributed by atoms with Crippen LogP contribution in [0.15, 0.2) is 54.9 Å². The van der Waals surface area contributed by atoms with Crippen LogP contribution in [0.2, 0.25) is 0 Å². The number of halogens is 3. The molecule has 28 heavy (non-hydrogen) atoms. The summed E-state index contributed by atoms with van der Waals surface area (Å²) in [7, 11) is 0. The van der Waals surface area contributed by atoms with E-state index in [1.807, 2.05) is 0 Å². The molecule has 0 aliphatic carbocycles. The third-order valence-corrected chi connectivity index (χ3v) is 3.85. The normalized spacial score (nSPS) is 12.5. The number of nitrogens with zero attached hydrogens (tertiary/aromatic N) is 3. The van der Waals surface area contributed by atoms with Gasteiger partial charge in [-0.05, 0) is 31.2 Å². The van der Waals surface area contributed by atoms with E-state index in [4.69, 9.17) is 0 Å². The van der Waals surface area contributed by atoms with Gasteiger partial charge in [-0.1, -0.05) is 12.1 Å². The third-order valence-electron chi connectivity index (χ3n) is 3.85. The molecule has 0 unspecified atom stereocenters. The third kappa shape index (κ3) is 4.74. The van der Waals surface area contributed by atoms with Crippen molar-refractivity contribution in [2.45, 2.75) is 19.1 Å². The van der Waals surface area contributed by atoms with E-state index in [0.29, 0.717) is 5.69 Å². The molecule has 0 saturated carbocycles. The monoisotopic (exact) mass is 389 g/mol. The number of alkyl halides is 3. The highest BCUT2D eigenvalue weighted by atomic mass is 19.4. The number of aromatic nitrogens is 3. The summed E-state index contributed by atoms with van der Waals surface area (Å²) in [5.74, 6) is 0.369. The molecule has 3 N–H and O–H groups in total. The molecule has 3 rings (SSSR count). The summed E-state index contributed by atoms with van der Waals surface area (Å²) in [4.78, 5) is 12.6. The minimum atomic E-state index is -4.50. The van der Waals surface area contributed by atoms with E-state index in [9.17, 15) is 18.3 Å². The number of rotatable bonds is 6. The molecular weight excluding hydrogens is 371 g/mol. The zero-order valence-electron chi connectivity index (χ0n) is 14.9. The molecular formula is C19H18F3N5O. The van der Waals surface area contributed by atoms with Crippen LogP contribution in [0.4, 0.5) is 30.6 Å². The van der Waals surface area contributed by atoms with Gasteiger partial charge in [-0.3, -0.25) is 4.98 Å². The van der Waals surface area contributed by atoms with Gasteiger partial charge in [0, 0.05) is 30.1 Å². The van der Waals surface area contributed by atoms with Gasteiger partial charge in [0.25, 0.3) is 0 Å². The molecule has 2 heterocycles. The van der Waals surface area contributed by atoms with Gasteiger partial charge < -0.3 is 15.7 Å². The Morgan fingerprint density at radius 2 is 1.79 bits per heavy atom. The summed E-state index contributed by atoms with van der Waals surface area (Å²) in [6.45, 7) is 1.58. The predicted molar refractivity (Wildman–Crippen MR) is 100 cm³/mol. The van der Waals surface area contributed by atoms with Crippen molar-refractivity contribution >= 4 is 17.5 Å². The Hall–Kier alpha value is -3.20. The molecule has 0 amide bonds. The van der Waals surface area contributed by atoms with Gasteiger partial charge in [0.15, 0.2) is 0 Å². The average Bonchev–Trinajstić information content (AvgIpc) is 2.68. The topological polar surface area (TPSA) is 83.0 Å². The van der Waals surface area contributed by atoms with Crippen LogP contribution in [-0.2, 0) is 6.18 Å². The van der Waals surface area contributed by atoms with E-state index >= 15 is 0 Å². The number of benzene rings is 1. The van der Waals surface area contributed by atoms with Crippen LogP contribution >= 0.6 is 0 Å². The average molecular weight is 389 g/mol. The maximum atomic E-state index is 13.3. The lowest BCUT2D eigenvalue weighted by atomic mass is 10.1. The summed E-state index contributed by atoms with van der Waals surface area (Å²) in [6.07, 6.45) is -1.32. The summed E-state index contributed by atoms with van der Waals surface area (Å²) in [5.41, 5.74) is 0.314. The van der Waals surface area contributed by atoms with E-state index in [1.165, 1.54) is 18.2 Å². The Kier molecular flexibility index (Phi) is 5.74. The van der Waals surface area contributed by atoms with Crippen LogP contribution in [0.25, 0.3) is 11.3 Å². The van der Waals surface area contributed by atoms with E-state index in [2.05, 4.69) is 25.6 Å². The van der Waals surface area contributed by atoms with Gasteiger partial charge in [0.2, 0.25) is 5.95 Å². The highest BCUT2D eigenvalue weighted by molar-refractivity contribution is 5.68. The van der Waals surface area contributed by atoms with Crippen molar-refractivity contribution in [2.24, 2.45) is 0 Å². The van der Waals surface area contributed by atoms with E-state index < -0.39 is 11.7 Å².